The number of rotatable bonds is 4. The Hall–Kier alpha value is -0.730. The van der Waals surface area contributed by atoms with Crippen LogP contribution in [0.4, 0.5) is 0 Å². The first-order valence-corrected chi connectivity index (χ1v) is 6.31. The maximum Gasteiger partial charge on any atom is 0.119 e. The van der Waals surface area contributed by atoms with E-state index in [4.69, 9.17) is 16.3 Å². The summed E-state index contributed by atoms with van der Waals surface area (Å²) in [4.78, 5) is 0. The summed E-state index contributed by atoms with van der Waals surface area (Å²) in [5.74, 6) is 1.69. The van der Waals surface area contributed by atoms with E-state index in [0.717, 1.165) is 36.3 Å². The highest BCUT2D eigenvalue weighted by molar-refractivity contribution is 6.30. The molecule has 2 nitrogen and oxygen atoms in total. The van der Waals surface area contributed by atoms with Crippen molar-refractivity contribution in [2.24, 2.45) is 5.92 Å². The Labute approximate surface area is 102 Å². The molecule has 0 aliphatic carbocycles. The monoisotopic (exact) mass is 239 g/mol. The second-order valence-corrected chi connectivity index (χ2v) is 4.74. The largest absolute Gasteiger partial charge is 0.494 e. The molecule has 88 valence electrons. The van der Waals surface area contributed by atoms with E-state index in [1.807, 2.05) is 24.3 Å². The molecular formula is C13H18ClNO. The van der Waals surface area contributed by atoms with Crippen molar-refractivity contribution in [2.45, 2.75) is 19.3 Å². The fourth-order valence-electron chi connectivity index (χ4n) is 2.04. The van der Waals surface area contributed by atoms with Crippen LogP contribution in [0.3, 0.4) is 0 Å². The van der Waals surface area contributed by atoms with E-state index in [1.54, 1.807) is 0 Å². The molecule has 1 aromatic carbocycles. The van der Waals surface area contributed by atoms with Gasteiger partial charge in [0.25, 0.3) is 0 Å². The van der Waals surface area contributed by atoms with Crippen LogP contribution in [0.25, 0.3) is 0 Å². The lowest BCUT2D eigenvalue weighted by atomic mass is 9.97. The number of benzene rings is 1. The zero-order valence-electron chi connectivity index (χ0n) is 9.42. The van der Waals surface area contributed by atoms with Crippen molar-refractivity contribution >= 4 is 11.6 Å². The van der Waals surface area contributed by atoms with Crippen LogP contribution in [0.2, 0.25) is 5.02 Å². The van der Waals surface area contributed by atoms with Crippen LogP contribution < -0.4 is 10.1 Å². The molecule has 16 heavy (non-hydrogen) atoms. The Balaban J connectivity index is 1.69. The molecule has 1 aliphatic heterocycles. The van der Waals surface area contributed by atoms with Crippen LogP contribution in [-0.2, 0) is 0 Å². The summed E-state index contributed by atoms with van der Waals surface area (Å²) < 4.78 is 5.68. The van der Waals surface area contributed by atoms with E-state index in [9.17, 15) is 0 Å². The molecule has 1 aliphatic rings. The molecular weight excluding hydrogens is 222 g/mol. The van der Waals surface area contributed by atoms with Gasteiger partial charge in [-0.3, -0.25) is 0 Å². The van der Waals surface area contributed by atoms with E-state index in [2.05, 4.69) is 5.32 Å². The molecule has 0 bridgehead atoms. The van der Waals surface area contributed by atoms with Gasteiger partial charge < -0.3 is 10.1 Å². The summed E-state index contributed by atoms with van der Waals surface area (Å²) >= 11 is 5.80. The van der Waals surface area contributed by atoms with Crippen molar-refractivity contribution in [2.75, 3.05) is 19.7 Å². The summed E-state index contributed by atoms with van der Waals surface area (Å²) in [7, 11) is 0. The van der Waals surface area contributed by atoms with Crippen molar-refractivity contribution in [1.29, 1.82) is 0 Å². The number of hydrogen-bond donors (Lipinski definition) is 1. The van der Waals surface area contributed by atoms with E-state index in [-0.39, 0.29) is 0 Å². The molecule has 1 fully saturated rings. The van der Waals surface area contributed by atoms with Crippen LogP contribution in [-0.4, -0.2) is 19.7 Å². The average molecular weight is 240 g/mol. The molecule has 1 saturated heterocycles. The number of piperidine rings is 1. The van der Waals surface area contributed by atoms with Gasteiger partial charge >= 0.3 is 0 Å². The molecule has 0 radical (unpaired) electrons. The first-order chi connectivity index (χ1) is 7.84. The quantitative estimate of drug-likeness (QED) is 0.872. The summed E-state index contributed by atoms with van der Waals surface area (Å²) in [5.41, 5.74) is 0. The van der Waals surface area contributed by atoms with E-state index < -0.39 is 0 Å². The molecule has 0 spiro atoms. The van der Waals surface area contributed by atoms with Crippen LogP contribution in [0.15, 0.2) is 24.3 Å². The third-order valence-electron chi connectivity index (χ3n) is 3.01. The summed E-state index contributed by atoms with van der Waals surface area (Å²) in [6, 6.07) is 7.56. The Morgan fingerprint density at radius 3 is 2.81 bits per heavy atom. The van der Waals surface area contributed by atoms with Crippen molar-refractivity contribution < 1.29 is 4.74 Å². The smallest absolute Gasteiger partial charge is 0.119 e. The van der Waals surface area contributed by atoms with Crippen LogP contribution in [0.5, 0.6) is 5.75 Å². The Morgan fingerprint density at radius 2 is 2.12 bits per heavy atom. The minimum atomic E-state index is 0.754. The second kappa shape index (κ2) is 6.12. The number of ether oxygens (including phenoxy) is 1. The fourth-order valence-corrected chi connectivity index (χ4v) is 2.17. The van der Waals surface area contributed by atoms with Crippen LogP contribution in [0.1, 0.15) is 19.3 Å². The van der Waals surface area contributed by atoms with E-state index in [1.165, 1.54) is 19.4 Å². The predicted molar refractivity (Wildman–Crippen MR) is 67.2 cm³/mol. The van der Waals surface area contributed by atoms with Gasteiger partial charge in [0.15, 0.2) is 0 Å². The summed E-state index contributed by atoms with van der Waals surface area (Å²) in [6.07, 6.45) is 3.76. The molecule has 1 N–H and O–H groups in total. The molecule has 1 aromatic rings. The van der Waals surface area contributed by atoms with Gasteiger partial charge in [0.05, 0.1) is 6.61 Å². The van der Waals surface area contributed by atoms with Gasteiger partial charge in [-0.2, -0.15) is 0 Å². The van der Waals surface area contributed by atoms with Gasteiger partial charge in [-0.25, -0.2) is 0 Å². The van der Waals surface area contributed by atoms with Gasteiger partial charge in [-0.05, 0) is 62.5 Å². The Morgan fingerprint density at radius 1 is 1.31 bits per heavy atom. The fraction of sp³-hybridized carbons (Fsp3) is 0.538. The normalized spacial score (nSPS) is 20.7. The molecule has 1 heterocycles. The minimum absolute atomic E-state index is 0.754. The average Bonchev–Trinajstić information content (AvgIpc) is 2.33. The van der Waals surface area contributed by atoms with Crippen LogP contribution >= 0.6 is 11.6 Å². The minimum Gasteiger partial charge on any atom is -0.494 e. The lowest BCUT2D eigenvalue weighted by Gasteiger charge is -2.22. The molecule has 0 aromatic heterocycles. The van der Waals surface area contributed by atoms with Crippen LogP contribution in [0, 0.1) is 5.92 Å². The third-order valence-corrected chi connectivity index (χ3v) is 3.26. The summed E-state index contributed by atoms with van der Waals surface area (Å²) in [5, 5.41) is 4.17. The highest BCUT2D eigenvalue weighted by atomic mass is 35.5. The topological polar surface area (TPSA) is 21.3 Å². The maximum atomic E-state index is 5.80. The molecule has 1 atom stereocenters. The Bertz CT molecular complexity index is 306. The van der Waals surface area contributed by atoms with Gasteiger partial charge in [-0.15, -0.1) is 0 Å². The van der Waals surface area contributed by atoms with Crippen molar-refractivity contribution in [3.8, 4) is 5.75 Å². The molecule has 3 heteroatoms. The SMILES string of the molecule is Clc1ccc(OCCC2CCCNC2)cc1. The summed E-state index contributed by atoms with van der Waals surface area (Å²) in [6.45, 7) is 3.12. The van der Waals surface area contributed by atoms with Crippen molar-refractivity contribution in [3.63, 3.8) is 0 Å². The number of hydrogen-bond acceptors (Lipinski definition) is 2. The first-order valence-electron chi connectivity index (χ1n) is 5.94. The molecule has 0 amide bonds. The highest BCUT2D eigenvalue weighted by Gasteiger charge is 2.12. The maximum absolute atomic E-state index is 5.80. The third kappa shape index (κ3) is 3.69. The highest BCUT2D eigenvalue weighted by Crippen LogP contribution is 2.18. The predicted octanol–water partition coefficient (Wildman–Crippen LogP) is 3.11. The number of nitrogens with one attached hydrogen (secondary N) is 1. The van der Waals surface area contributed by atoms with E-state index in [0.29, 0.717) is 0 Å². The standard InChI is InChI=1S/C13H18ClNO/c14-12-3-5-13(6-4-12)16-9-7-11-2-1-8-15-10-11/h3-6,11,15H,1-2,7-10H2. The second-order valence-electron chi connectivity index (χ2n) is 4.30. The molecule has 1 unspecified atom stereocenters. The van der Waals surface area contributed by atoms with Gasteiger partial charge in [0.2, 0.25) is 0 Å². The lowest BCUT2D eigenvalue weighted by Crippen LogP contribution is -2.30. The van der Waals surface area contributed by atoms with Gasteiger partial charge in [0, 0.05) is 5.02 Å². The first kappa shape index (κ1) is 11.7. The number of halogens is 1. The Kier molecular flexibility index (Phi) is 4.49. The van der Waals surface area contributed by atoms with E-state index >= 15 is 0 Å². The van der Waals surface area contributed by atoms with Crippen molar-refractivity contribution in [1.82, 2.24) is 5.32 Å². The molecule has 2 rings (SSSR count). The lowest BCUT2D eigenvalue weighted by molar-refractivity contribution is 0.254. The van der Waals surface area contributed by atoms with Gasteiger partial charge in [0.1, 0.15) is 5.75 Å². The zero-order valence-corrected chi connectivity index (χ0v) is 10.2. The van der Waals surface area contributed by atoms with Gasteiger partial charge in [-0.1, -0.05) is 11.6 Å². The molecule has 0 saturated carbocycles. The van der Waals surface area contributed by atoms with Crippen molar-refractivity contribution in [3.05, 3.63) is 29.3 Å². The zero-order chi connectivity index (χ0) is 11.2.